The van der Waals surface area contributed by atoms with Crippen LogP contribution in [0.5, 0.6) is 5.75 Å². The maximum atomic E-state index is 13.1. The van der Waals surface area contributed by atoms with Gasteiger partial charge in [-0.2, -0.15) is 4.31 Å². The summed E-state index contributed by atoms with van der Waals surface area (Å²) in [6.45, 7) is 3.52. The molecule has 9 heteroatoms. The lowest BCUT2D eigenvalue weighted by Crippen LogP contribution is -2.32. The first-order valence-electron chi connectivity index (χ1n) is 10.5. The summed E-state index contributed by atoms with van der Waals surface area (Å²) in [6.07, 6.45) is 3.81. The number of amides is 1. The number of likely N-dealkylation sites (N-methyl/N-ethyl adjacent to an activating group) is 1. The Kier molecular flexibility index (Phi) is 7.74. The highest BCUT2D eigenvalue weighted by atomic mass is 32.2. The van der Waals surface area contributed by atoms with Gasteiger partial charge in [0.05, 0.1) is 30.8 Å². The minimum atomic E-state index is -3.63. The summed E-state index contributed by atoms with van der Waals surface area (Å²) in [4.78, 5) is 14.6. The normalized spacial score (nSPS) is 15.6. The molecule has 0 aliphatic carbocycles. The number of nitrogens with one attached hydrogen (secondary N) is 1. The Bertz CT molecular complexity index is 994. The number of carbonyl (C=O) groups excluding carboxylic acids is 1. The van der Waals surface area contributed by atoms with Crippen LogP contribution >= 0.6 is 0 Å². The molecule has 2 heterocycles. The van der Waals surface area contributed by atoms with Crippen LogP contribution in [0, 0.1) is 6.92 Å². The molecule has 1 N–H and O–H groups in total. The molecule has 2 aromatic rings. The summed E-state index contributed by atoms with van der Waals surface area (Å²) < 4.78 is 38.6. The van der Waals surface area contributed by atoms with Gasteiger partial charge in [-0.15, -0.1) is 0 Å². The maximum absolute atomic E-state index is 13.1. The van der Waals surface area contributed by atoms with Gasteiger partial charge in [0, 0.05) is 13.1 Å². The molecular formula is C22H31N3O5S. The fourth-order valence-corrected chi connectivity index (χ4v) is 5.25. The van der Waals surface area contributed by atoms with Gasteiger partial charge in [-0.3, -0.25) is 9.69 Å². The Morgan fingerprint density at radius 2 is 1.87 bits per heavy atom. The van der Waals surface area contributed by atoms with Crippen molar-refractivity contribution in [3.05, 3.63) is 41.9 Å². The van der Waals surface area contributed by atoms with Crippen molar-refractivity contribution in [2.75, 3.05) is 39.1 Å². The third-order valence-corrected chi connectivity index (χ3v) is 7.18. The first-order chi connectivity index (χ1) is 14.8. The van der Waals surface area contributed by atoms with Crippen LogP contribution in [0.15, 0.2) is 39.6 Å². The van der Waals surface area contributed by atoms with Crippen LogP contribution < -0.4 is 10.1 Å². The molecule has 3 rings (SSSR count). The van der Waals surface area contributed by atoms with Gasteiger partial charge in [0.25, 0.3) is 0 Å². The second-order valence-electron chi connectivity index (χ2n) is 7.91. The summed E-state index contributed by atoms with van der Waals surface area (Å²) in [5.74, 6) is 1.73. The van der Waals surface area contributed by atoms with E-state index in [2.05, 4.69) is 5.32 Å². The van der Waals surface area contributed by atoms with Gasteiger partial charge in [-0.05, 0) is 57.1 Å². The minimum absolute atomic E-state index is 0.117. The van der Waals surface area contributed by atoms with Crippen molar-refractivity contribution in [1.29, 1.82) is 0 Å². The van der Waals surface area contributed by atoms with Crippen LogP contribution in [0.1, 0.15) is 37.2 Å². The molecule has 0 radical (unpaired) electrons. The van der Waals surface area contributed by atoms with E-state index in [-0.39, 0.29) is 17.3 Å². The lowest BCUT2D eigenvalue weighted by Gasteiger charge is -2.21. The Balaban J connectivity index is 1.71. The number of hydrogen-bond acceptors (Lipinski definition) is 6. The number of rotatable bonds is 8. The second-order valence-corrected chi connectivity index (χ2v) is 9.85. The Labute approximate surface area is 184 Å². The minimum Gasteiger partial charge on any atom is -0.495 e. The Hall–Kier alpha value is -2.36. The summed E-state index contributed by atoms with van der Waals surface area (Å²) in [7, 11) is -0.327. The predicted octanol–water partition coefficient (Wildman–Crippen LogP) is 3.23. The molecule has 1 fully saturated rings. The zero-order chi connectivity index (χ0) is 22.4. The van der Waals surface area contributed by atoms with Crippen LogP contribution in [0.4, 0.5) is 5.69 Å². The van der Waals surface area contributed by atoms with E-state index < -0.39 is 10.0 Å². The molecule has 1 aromatic carbocycles. The quantitative estimate of drug-likeness (QED) is 0.665. The fourth-order valence-electron chi connectivity index (χ4n) is 3.70. The summed E-state index contributed by atoms with van der Waals surface area (Å²) in [6, 6.07) is 8.34. The molecule has 170 valence electrons. The molecule has 1 aliphatic heterocycles. The number of sulfonamides is 1. The third-order valence-electron chi connectivity index (χ3n) is 5.28. The highest BCUT2D eigenvalue weighted by Gasteiger charge is 2.26. The molecule has 0 atom stereocenters. The van der Waals surface area contributed by atoms with E-state index >= 15 is 0 Å². The standard InChI is InChI=1S/C22H31N3O5S/c1-17-8-9-18(30-17)15-24(2)16-22(26)23-20-14-19(10-11-21(20)29-3)31(27,28)25-12-6-4-5-7-13-25/h8-11,14H,4-7,12-13,15-16H2,1-3H3,(H,23,26). The molecule has 1 amide bonds. The number of nitrogens with zero attached hydrogens (tertiary/aromatic N) is 2. The van der Waals surface area contributed by atoms with Crippen molar-refractivity contribution in [3.63, 3.8) is 0 Å². The maximum Gasteiger partial charge on any atom is 0.243 e. The average molecular weight is 450 g/mol. The average Bonchev–Trinajstić information content (AvgIpc) is 2.95. The number of ether oxygens (including phenoxy) is 1. The highest BCUT2D eigenvalue weighted by molar-refractivity contribution is 7.89. The summed E-state index contributed by atoms with van der Waals surface area (Å²) >= 11 is 0. The van der Waals surface area contributed by atoms with Crippen LogP contribution in [0.3, 0.4) is 0 Å². The van der Waals surface area contributed by atoms with Gasteiger partial charge in [0.2, 0.25) is 15.9 Å². The Morgan fingerprint density at radius 1 is 1.16 bits per heavy atom. The van der Waals surface area contributed by atoms with Crippen LogP contribution in [-0.2, 0) is 21.4 Å². The van der Waals surface area contributed by atoms with Gasteiger partial charge >= 0.3 is 0 Å². The molecular weight excluding hydrogens is 418 g/mol. The van der Waals surface area contributed by atoms with Gasteiger partial charge in [0.1, 0.15) is 17.3 Å². The predicted molar refractivity (Wildman–Crippen MR) is 119 cm³/mol. The number of aryl methyl sites for hydroxylation is 1. The molecule has 1 saturated heterocycles. The van der Waals surface area contributed by atoms with Gasteiger partial charge in [-0.25, -0.2) is 8.42 Å². The summed E-state index contributed by atoms with van der Waals surface area (Å²) in [5.41, 5.74) is 0.339. The highest BCUT2D eigenvalue weighted by Crippen LogP contribution is 2.30. The lowest BCUT2D eigenvalue weighted by molar-refractivity contribution is -0.117. The zero-order valence-electron chi connectivity index (χ0n) is 18.4. The molecule has 1 aromatic heterocycles. The lowest BCUT2D eigenvalue weighted by atomic mass is 10.2. The van der Waals surface area contributed by atoms with E-state index in [9.17, 15) is 13.2 Å². The summed E-state index contributed by atoms with van der Waals surface area (Å²) in [5, 5.41) is 2.79. The van der Waals surface area contributed by atoms with Crippen LogP contribution in [0.2, 0.25) is 0 Å². The van der Waals surface area contributed by atoms with E-state index in [1.54, 1.807) is 6.07 Å². The SMILES string of the molecule is COc1ccc(S(=O)(=O)N2CCCCCC2)cc1NC(=O)CN(C)Cc1ccc(C)o1. The number of carbonyl (C=O) groups is 1. The molecule has 0 bridgehead atoms. The van der Waals surface area contributed by atoms with E-state index in [1.165, 1.54) is 23.5 Å². The van der Waals surface area contributed by atoms with E-state index in [0.29, 0.717) is 31.1 Å². The molecule has 31 heavy (non-hydrogen) atoms. The third kappa shape index (κ3) is 6.09. The monoisotopic (exact) mass is 449 g/mol. The van der Waals surface area contributed by atoms with Crippen molar-refractivity contribution < 1.29 is 22.4 Å². The van der Waals surface area contributed by atoms with E-state index in [0.717, 1.165) is 37.2 Å². The Morgan fingerprint density at radius 3 is 2.48 bits per heavy atom. The number of methoxy groups -OCH3 is 1. The number of benzene rings is 1. The fraction of sp³-hybridized carbons (Fsp3) is 0.500. The first-order valence-corrected chi connectivity index (χ1v) is 12.0. The molecule has 0 unspecified atom stereocenters. The zero-order valence-corrected chi connectivity index (χ0v) is 19.2. The molecule has 8 nitrogen and oxygen atoms in total. The molecule has 0 saturated carbocycles. The number of furan rings is 1. The first kappa shape index (κ1) is 23.3. The largest absolute Gasteiger partial charge is 0.495 e. The van der Waals surface area contributed by atoms with Crippen molar-refractivity contribution in [3.8, 4) is 5.75 Å². The molecule has 1 aliphatic rings. The van der Waals surface area contributed by atoms with Crippen molar-refractivity contribution in [2.45, 2.75) is 44.0 Å². The van der Waals surface area contributed by atoms with Crippen molar-refractivity contribution in [2.24, 2.45) is 0 Å². The van der Waals surface area contributed by atoms with Crippen molar-refractivity contribution in [1.82, 2.24) is 9.21 Å². The van der Waals surface area contributed by atoms with Crippen LogP contribution in [-0.4, -0.2) is 57.3 Å². The molecule has 0 spiro atoms. The number of anilines is 1. The van der Waals surface area contributed by atoms with Gasteiger partial charge in [0.15, 0.2) is 0 Å². The smallest absolute Gasteiger partial charge is 0.243 e. The van der Waals surface area contributed by atoms with Crippen LogP contribution in [0.25, 0.3) is 0 Å². The van der Waals surface area contributed by atoms with E-state index in [1.807, 2.05) is 31.0 Å². The topological polar surface area (TPSA) is 92.1 Å². The van der Waals surface area contributed by atoms with Gasteiger partial charge < -0.3 is 14.5 Å². The van der Waals surface area contributed by atoms with Crippen molar-refractivity contribution >= 4 is 21.6 Å². The van der Waals surface area contributed by atoms with Gasteiger partial charge in [-0.1, -0.05) is 12.8 Å². The second kappa shape index (κ2) is 10.3. The van der Waals surface area contributed by atoms with E-state index in [4.69, 9.17) is 9.15 Å². The number of hydrogen-bond donors (Lipinski definition) is 1.